The summed E-state index contributed by atoms with van der Waals surface area (Å²) in [6.07, 6.45) is 1.74. The Balaban J connectivity index is 1.77. The molecule has 0 amide bonds. The molecule has 1 aliphatic heterocycles. The monoisotopic (exact) mass is 257 g/mol. The van der Waals surface area contributed by atoms with Crippen LogP contribution in [0, 0.1) is 6.92 Å². The van der Waals surface area contributed by atoms with E-state index in [-0.39, 0.29) is 18.1 Å². The second-order valence-electron chi connectivity index (χ2n) is 4.81. The molecular formula is C15H17N2O2+. The molecule has 2 heterocycles. The molecule has 98 valence electrons. The van der Waals surface area contributed by atoms with E-state index in [1.54, 1.807) is 6.07 Å². The van der Waals surface area contributed by atoms with Gasteiger partial charge in [0.25, 0.3) is 0 Å². The van der Waals surface area contributed by atoms with Gasteiger partial charge in [0.15, 0.2) is 0 Å². The van der Waals surface area contributed by atoms with Crippen LogP contribution in [0.4, 0.5) is 0 Å². The maximum absolute atomic E-state index is 9.85. The number of phenols is 1. The molecule has 1 aromatic heterocycles. The molecule has 0 radical (unpaired) electrons. The standard InChI is InChI=1S/C15H16N2O2/c1-10-6-7-11(8-16-10)14-9-17-15(19-14)12-4-2-3-5-13(12)18/h2-8,14-15,17-18H,9H2,1H3/p+1/t14-,15+/m1/s1. The molecular weight excluding hydrogens is 240 g/mol. The van der Waals surface area contributed by atoms with Gasteiger partial charge >= 0.3 is 0 Å². The number of quaternary nitrogens is 1. The fourth-order valence-corrected chi connectivity index (χ4v) is 2.35. The summed E-state index contributed by atoms with van der Waals surface area (Å²) >= 11 is 0. The Hall–Kier alpha value is -1.91. The fourth-order valence-electron chi connectivity index (χ4n) is 2.35. The molecule has 0 bridgehead atoms. The van der Waals surface area contributed by atoms with Gasteiger partial charge in [-0.1, -0.05) is 18.2 Å². The SMILES string of the molecule is Cc1ccc([C@H]2C[NH2+][C@H](c3ccccc3O)O2)cn1. The summed E-state index contributed by atoms with van der Waals surface area (Å²) in [6.45, 7) is 2.81. The van der Waals surface area contributed by atoms with E-state index in [2.05, 4.69) is 10.3 Å². The molecule has 3 rings (SSSR count). The van der Waals surface area contributed by atoms with Crippen LogP contribution in [0.15, 0.2) is 42.6 Å². The molecule has 4 heteroatoms. The number of ether oxygens (including phenoxy) is 1. The molecule has 2 atom stereocenters. The first-order chi connectivity index (χ1) is 9.24. The predicted molar refractivity (Wildman–Crippen MR) is 70.4 cm³/mol. The Kier molecular flexibility index (Phi) is 3.19. The summed E-state index contributed by atoms with van der Waals surface area (Å²) in [5.74, 6) is 0.284. The molecule has 0 unspecified atom stereocenters. The van der Waals surface area contributed by atoms with Crippen LogP contribution in [0.3, 0.4) is 0 Å². The van der Waals surface area contributed by atoms with Gasteiger partial charge in [-0.15, -0.1) is 0 Å². The molecule has 1 aliphatic rings. The number of aromatic hydroxyl groups is 1. The van der Waals surface area contributed by atoms with Crippen LogP contribution in [0.2, 0.25) is 0 Å². The molecule has 2 aromatic rings. The minimum atomic E-state index is -0.146. The average Bonchev–Trinajstić information content (AvgIpc) is 2.89. The maximum atomic E-state index is 9.85. The summed E-state index contributed by atoms with van der Waals surface area (Å²) in [6, 6.07) is 11.3. The number of hydrogen-bond donors (Lipinski definition) is 2. The average molecular weight is 257 g/mol. The summed E-state index contributed by atoms with van der Waals surface area (Å²) in [5.41, 5.74) is 2.91. The first kappa shape index (κ1) is 12.1. The molecule has 4 nitrogen and oxygen atoms in total. The zero-order valence-electron chi connectivity index (χ0n) is 10.8. The predicted octanol–water partition coefficient (Wildman–Crippen LogP) is 1.43. The van der Waals surface area contributed by atoms with E-state index in [1.165, 1.54) is 0 Å². The third kappa shape index (κ3) is 2.45. The molecule has 3 N–H and O–H groups in total. The number of nitrogens with two attached hydrogens (primary N) is 1. The highest BCUT2D eigenvalue weighted by atomic mass is 16.5. The molecule has 0 aliphatic carbocycles. The van der Waals surface area contributed by atoms with Crippen molar-refractivity contribution in [1.82, 2.24) is 4.98 Å². The first-order valence-corrected chi connectivity index (χ1v) is 6.43. The summed E-state index contributed by atoms with van der Waals surface area (Å²) in [4.78, 5) is 4.30. The van der Waals surface area contributed by atoms with E-state index in [1.807, 2.05) is 43.5 Å². The van der Waals surface area contributed by atoms with Gasteiger partial charge in [0.05, 0.1) is 5.56 Å². The number of para-hydroxylation sites is 1. The van der Waals surface area contributed by atoms with E-state index in [9.17, 15) is 5.11 Å². The summed E-state index contributed by atoms with van der Waals surface area (Å²) in [5, 5.41) is 11.9. The number of nitrogens with zero attached hydrogens (tertiary/aromatic N) is 1. The molecule has 1 saturated heterocycles. The third-order valence-corrected chi connectivity index (χ3v) is 3.42. The Bertz CT molecular complexity index is 569. The smallest absolute Gasteiger partial charge is 0.221 e. The van der Waals surface area contributed by atoms with Crippen molar-refractivity contribution in [3.8, 4) is 5.75 Å². The van der Waals surface area contributed by atoms with Crippen molar-refractivity contribution in [2.45, 2.75) is 19.3 Å². The van der Waals surface area contributed by atoms with Crippen LogP contribution >= 0.6 is 0 Å². The minimum Gasteiger partial charge on any atom is -0.507 e. The lowest BCUT2D eigenvalue weighted by atomic mass is 10.1. The van der Waals surface area contributed by atoms with Crippen molar-refractivity contribution in [1.29, 1.82) is 0 Å². The van der Waals surface area contributed by atoms with Crippen LogP contribution in [0.1, 0.15) is 29.2 Å². The van der Waals surface area contributed by atoms with Gasteiger partial charge in [0.1, 0.15) is 18.4 Å². The van der Waals surface area contributed by atoms with Crippen molar-refractivity contribution >= 4 is 0 Å². The van der Waals surface area contributed by atoms with Gasteiger partial charge in [0.2, 0.25) is 6.23 Å². The first-order valence-electron chi connectivity index (χ1n) is 6.43. The van der Waals surface area contributed by atoms with E-state index in [0.29, 0.717) is 0 Å². The molecule has 1 fully saturated rings. The minimum absolute atomic E-state index is 0.0257. The van der Waals surface area contributed by atoms with E-state index in [4.69, 9.17) is 4.74 Å². The number of aryl methyl sites for hydroxylation is 1. The lowest BCUT2D eigenvalue weighted by molar-refractivity contribution is -0.698. The molecule has 19 heavy (non-hydrogen) atoms. The van der Waals surface area contributed by atoms with Gasteiger partial charge in [0, 0.05) is 17.5 Å². The van der Waals surface area contributed by atoms with Gasteiger partial charge in [-0.25, -0.2) is 0 Å². The van der Waals surface area contributed by atoms with Crippen LogP contribution < -0.4 is 5.32 Å². The number of phenolic OH excluding ortho intramolecular Hbond substituents is 1. The maximum Gasteiger partial charge on any atom is 0.221 e. The second kappa shape index (κ2) is 4.99. The normalized spacial score (nSPS) is 22.6. The van der Waals surface area contributed by atoms with E-state index in [0.717, 1.165) is 23.4 Å². The molecule has 0 saturated carbocycles. The van der Waals surface area contributed by atoms with Crippen molar-refractivity contribution in [2.24, 2.45) is 0 Å². The fraction of sp³-hybridized carbons (Fsp3) is 0.267. The lowest BCUT2D eigenvalue weighted by Crippen LogP contribution is -2.82. The third-order valence-electron chi connectivity index (χ3n) is 3.42. The van der Waals surface area contributed by atoms with Crippen LogP contribution in [-0.4, -0.2) is 16.6 Å². The van der Waals surface area contributed by atoms with Crippen LogP contribution in [0.25, 0.3) is 0 Å². The molecule has 0 spiro atoms. The zero-order chi connectivity index (χ0) is 13.2. The number of pyridine rings is 1. The van der Waals surface area contributed by atoms with E-state index >= 15 is 0 Å². The molecule has 1 aromatic carbocycles. The van der Waals surface area contributed by atoms with Crippen LogP contribution in [-0.2, 0) is 4.74 Å². The van der Waals surface area contributed by atoms with Gasteiger partial charge in [-0.3, -0.25) is 4.98 Å². The number of rotatable bonds is 2. The lowest BCUT2D eigenvalue weighted by Gasteiger charge is -2.10. The summed E-state index contributed by atoms with van der Waals surface area (Å²) in [7, 11) is 0. The van der Waals surface area contributed by atoms with Crippen molar-refractivity contribution in [3.63, 3.8) is 0 Å². The Labute approximate surface area is 112 Å². The van der Waals surface area contributed by atoms with Gasteiger partial charge in [-0.05, 0) is 25.1 Å². The Morgan fingerprint density at radius 1 is 1.26 bits per heavy atom. The van der Waals surface area contributed by atoms with Gasteiger partial charge < -0.3 is 15.2 Å². The highest BCUT2D eigenvalue weighted by Gasteiger charge is 2.32. The highest BCUT2D eigenvalue weighted by molar-refractivity contribution is 5.32. The number of hydrogen-bond acceptors (Lipinski definition) is 3. The zero-order valence-corrected chi connectivity index (χ0v) is 10.8. The topological polar surface area (TPSA) is 59.0 Å². The van der Waals surface area contributed by atoms with Crippen LogP contribution in [0.5, 0.6) is 5.75 Å². The highest BCUT2D eigenvalue weighted by Crippen LogP contribution is 2.29. The largest absolute Gasteiger partial charge is 0.507 e. The second-order valence-corrected chi connectivity index (χ2v) is 4.81. The van der Waals surface area contributed by atoms with Crippen molar-refractivity contribution in [3.05, 3.63) is 59.4 Å². The summed E-state index contributed by atoms with van der Waals surface area (Å²) < 4.78 is 6.00. The number of benzene rings is 1. The number of aromatic nitrogens is 1. The van der Waals surface area contributed by atoms with Crippen molar-refractivity contribution < 1.29 is 15.2 Å². The Morgan fingerprint density at radius 2 is 2.11 bits per heavy atom. The quantitative estimate of drug-likeness (QED) is 0.855. The van der Waals surface area contributed by atoms with E-state index < -0.39 is 0 Å². The Morgan fingerprint density at radius 3 is 2.84 bits per heavy atom. The van der Waals surface area contributed by atoms with Gasteiger partial charge in [-0.2, -0.15) is 0 Å². The van der Waals surface area contributed by atoms with Crippen molar-refractivity contribution in [2.75, 3.05) is 6.54 Å².